The molecule has 0 saturated heterocycles. The zero-order valence-electron chi connectivity index (χ0n) is 15.2. The Morgan fingerprint density at radius 1 is 1.21 bits per heavy atom. The van der Waals surface area contributed by atoms with Gasteiger partial charge in [-0.05, 0) is 24.6 Å². The molecule has 1 aromatic heterocycles. The predicted octanol–water partition coefficient (Wildman–Crippen LogP) is 3.20. The third kappa shape index (κ3) is 4.08. The third-order valence-electron chi connectivity index (χ3n) is 3.96. The Hall–Kier alpha value is -2.69. The van der Waals surface area contributed by atoms with Crippen LogP contribution in [0.4, 0.5) is 0 Å². The molecule has 146 valence electrons. The number of hydrogen-bond donors (Lipinski definition) is 2. The van der Waals surface area contributed by atoms with E-state index in [-0.39, 0.29) is 22.2 Å². The standard InChI is InChI=1S/C18H18N4O4S2/c1-3-22(27-18-19-16(20-21-18)13-7-5-4-6-8-13)28(25,26)14-10-9-12(2)15(11-14)17(23)24/h4-11H,3H2,1-2H3,(H,23,24)(H,19,20,21). The molecular weight excluding hydrogens is 400 g/mol. The van der Waals surface area contributed by atoms with Gasteiger partial charge in [0.15, 0.2) is 5.82 Å². The van der Waals surface area contributed by atoms with Crippen molar-refractivity contribution in [1.29, 1.82) is 0 Å². The normalized spacial score (nSPS) is 11.7. The van der Waals surface area contributed by atoms with E-state index >= 15 is 0 Å². The Kier molecular flexibility index (Phi) is 5.82. The summed E-state index contributed by atoms with van der Waals surface area (Å²) in [5, 5.41) is 16.4. The minimum Gasteiger partial charge on any atom is -0.478 e. The summed E-state index contributed by atoms with van der Waals surface area (Å²) in [6, 6.07) is 13.4. The number of aryl methyl sites for hydroxylation is 1. The van der Waals surface area contributed by atoms with Gasteiger partial charge in [-0.2, -0.15) is 0 Å². The molecule has 0 aliphatic heterocycles. The van der Waals surface area contributed by atoms with Gasteiger partial charge in [0.05, 0.1) is 10.5 Å². The number of hydrogen-bond acceptors (Lipinski definition) is 6. The Morgan fingerprint density at radius 2 is 1.93 bits per heavy atom. The lowest BCUT2D eigenvalue weighted by Gasteiger charge is -2.18. The predicted molar refractivity (Wildman–Crippen MR) is 105 cm³/mol. The van der Waals surface area contributed by atoms with Gasteiger partial charge in [0.2, 0.25) is 5.16 Å². The second-order valence-corrected chi connectivity index (χ2v) is 8.91. The summed E-state index contributed by atoms with van der Waals surface area (Å²) >= 11 is 0.869. The summed E-state index contributed by atoms with van der Waals surface area (Å²) in [7, 11) is -3.94. The van der Waals surface area contributed by atoms with E-state index in [2.05, 4.69) is 15.2 Å². The largest absolute Gasteiger partial charge is 0.478 e. The number of aromatic carboxylic acids is 1. The number of carboxylic acid groups (broad SMARTS) is 1. The monoisotopic (exact) mass is 418 g/mol. The van der Waals surface area contributed by atoms with E-state index in [1.807, 2.05) is 30.3 Å². The number of benzene rings is 2. The van der Waals surface area contributed by atoms with Crippen LogP contribution in [0.1, 0.15) is 22.8 Å². The van der Waals surface area contributed by atoms with Crippen molar-refractivity contribution in [2.45, 2.75) is 23.9 Å². The van der Waals surface area contributed by atoms with Crippen molar-refractivity contribution in [3.05, 3.63) is 59.7 Å². The zero-order chi connectivity index (χ0) is 20.3. The van der Waals surface area contributed by atoms with Crippen molar-refractivity contribution in [2.75, 3.05) is 6.54 Å². The molecule has 3 aromatic rings. The van der Waals surface area contributed by atoms with Gasteiger partial charge in [-0.1, -0.05) is 43.3 Å². The fourth-order valence-electron chi connectivity index (χ4n) is 2.50. The van der Waals surface area contributed by atoms with Crippen molar-refractivity contribution >= 4 is 27.9 Å². The van der Waals surface area contributed by atoms with Crippen molar-refractivity contribution in [1.82, 2.24) is 18.9 Å². The van der Waals surface area contributed by atoms with Crippen molar-refractivity contribution in [3.63, 3.8) is 0 Å². The molecule has 0 radical (unpaired) electrons. The minimum atomic E-state index is -3.94. The number of carbonyl (C=O) groups is 1. The summed E-state index contributed by atoms with van der Waals surface area (Å²) in [6.07, 6.45) is 0. The van der Waals surface area contributed by atoms with E-state index in [0.717, 1.165) is 21.2 Å². The van der Waals surface area contributed by atoms with Gasteiger partial charge >= 0.3 is 5.97 Å². The SMILES string of the molecule is CCN(Sc1n[nH]c(-c2ccccc2)n1)S(=O)(=O)c1ccc(C)c(C(=O)O)c1. The summed E-state index contributed by atoms with van der Waals surface area (Å²) in [5.74, 6) is -0.647. The number of H-pyrrole nitrogens is 1. The lowest BCUT2D eigenvalue weighted by molar-refractivity contribution is 0.0696. The van der Waals surface area contributed by atoms with Gasteiger partial charge in [0.25, 0.3) is 10.0 Å². The lowest BCUT2D eigenvalue weighted by Crippen LogP contribution is -2.25. The van der Waals surface area contributed by atoms with Crippen LogP contribution in [0.25, 0.3) is 11.4 Å². The van der Waals surface area contributed by atoms with E-state index in [0.29, 0.717) is 11.4 Å². The molecule has 0 fully saturated rings. The topological polar surface area (TPSA) is 116 Å². The molecule has 0 bridgehead atoms. The fourth-order valence-corrected chi connectivity index (χ4v) is 4.96. The molecule has 0 spiro atoms. The van der Waals surface area contributed by atoms with E-state index in [9.17, 15) is 18.3 Å². The molecule has 0 aliphatic rings. The molecule has 0 amide bonds. The smallest absolute Gasteiger partial charge is 0.335 e. The second kappa shape index (κ2) is 8.13. The maximum atomic E-state index is 13.0. The third-order valence-corrected chi connectivity index (χ3v) is 7.22. The summed E-state index contributed by atoms with van der Waals surface area (Å²) in [5.41, 5.74) is 1.27. The van der Waals surface area contributed by atoms with Crippen LogP contribution in [0.5, 0.6) is 0 Å². The highest BCUT2D eigenvalue weighted by molar-refractivity contribution is 8.08. The first kappa shape index (κ1) is 20.1. The fraction of sp³-hybridized carbons (Fsp3) is 0.167. The van der Waals surface area contributed by atoms with Gasteiger partial charge in [-0.15, -0.1) is 8.81 Å². The van der Waals surface area contributed by atoms with Gasteiger partial charge in [-0.25, -0.2) is 18.2 Å². The van der Waals surface area contributed by atoms with Crippen molar-refractivity contribution < 1.29 is 18.3 Å². The van der Waals surface area contributed by atoms with E-state index in [1.165, 1.54) is 18.2 Å². The first-order valence-electron chi connectivity index (χ1n) is 8.35. The maximum Gasteiger partial charge on any atom is 0.335 e. The first-order chi connectivity index (χ1) is 13.3. The molecule has 10 heteroatoms. The highest BCUT2D eigenvalue weighted by atomic mass is 32.3. The van der Waals surface area contributed by atoms with E-state index < -0.39 is 16.0 Å². The van der Waals surface area contributed by atoms with Gasteiger partial charge < -0.3 is 5.11 Å². The number of aromatic nitrogens is 3. The summed E-state index contributed by atoms with van der Waals surface area (Å²) in [6.45, 7) is 3.45. The minimum absolute atomic E-state index is 0.0496. The Bertz CT molecular complexity index is 1100. The molecule has 3 rings (SSSR count). The second-order valence-electron chi connectivity index (χ2n) is 5.83. The quantitative estimate of drug-likeness (QED) is 0.566. The zero-order valence-corrected chi connectivity index (χ0v) is 16.8. The number of aromatic amines is 1. The Balaban J connectivity index is 1.88. The number of rotatable bonds is 7. The Morgan fingerprint density at radius 3 is 2.57 bits per heavy atom. The lowest BCUT2D eigenvalue weighted by atomic mass is 10.1. The van der Waals surface area contributed by atoms with Crippen LogP contribution >= 0.6 is 11.9 Å². The average molecular weight is 419 g/mol. The number of sulfonamides is 1. The number of carboxylic acids is 1. The highest BCUT2D eigenvalue weighted by Crippen LogP contribution is 2.29. The molecule has 0 unspecified atom stereocenters. The first-order valence-corrected chi connectivity index (χ1v) is 10.6. The van der Waals surface area contributed by atoms with Crippen molar-refractivity contribution in [2.24, 2.45) is 0 Å². The summed E-state index contributed by atoms with van der Waals surface area (Å²) < 4.78 is 27.1. The van der Waals surface area contributed by atoms with Gasteiger partial charge in [0.1, 0.15) is 0 Å². The molecule has 0 atom stereocenters. The molecule has 28 heavy (non-hydrogen) atoms. The highest BCUT2D eigenvalue weighted by Gasteiger charge is 2.27. The van der Waals surface area contributed by atoms with E-state index in [1.54, 1.807) is 13.8 Å². The molecule has 2 aromatic carbocycles. The van der Waals surface area contributed by atoms with Gasteiger partial charge in [-0.3, -0.25) is 5.10 Å². The molecular formula is C18H18N4O4S2. The molecule has 2 N–H and O–H groups in total. The van der Waals surface area contributed by atoms with E-state index in [4.69, 9.17) is 0 Å². The van der Waals surface area contributed by atoms with Crippen LogP contribution in [0.3, 0.4) is 0 Å². The van der Waals surface area contributed by atoms with Crippen molar-refractivity contribution in [3.8, 4) is 11.4 Å². The molecule has 0 saturated carbocycles. The Labute approximate surface area is 166 Å². The molecule has 0 aliphatic carbocycles. The van der Waals surface area contributed by atoms with Crippen LogP contribution in [0.15, 0.2) is 58.6 Å². The van der Waals surface area contributed by atoms with Gasteiger partial charge in [0, 0.05) is 24.1 Å². The number of nitrogens with zero attached hydrogens (tertiary/aromatic N) is 3. The number of nitrogens with one attached hydrogen (secondary N) is 1. The summed E-state index contributed by atoms with van der Waals surface area (Å²) in [4.78, 5) is 15.6. The molecule has 1 heterocycles. The van der Waals surface area contributed by atoms with Crippen LogP contribution < -0.4 is 0 Å². The average Bonchev–Trinajstić information content (AvgIpc) is 3.15. The molecule has 8 nitrogen and oxygen atoms in total. The van der Waals surface area contributed by atoms with Crippen LogP contribution in [-0.2, 0) is 10.0 Å². The van der Waals surface area contributed by atoms with Crippen LogP contribution in [0, 0.1) is 6.92 Å². The van der Waals surface area contributed by atoms with Crippen LogP contribution in [0.2, 0.25) is 0 Å². The van der Waals surface area contributed by atoms with Crippen LogP contribution in [-0.4, -0.2) is 44.9 Å². The maximum absolute atomic E-state index is 13.0.